The number of carbonyl (C=O) groups excluding carboxylic acids is 1. The van der Waals surface area contributed by atoms with Gasteiger partial charge in [0, 0.05) is 16.2 Å². The van der Waals surface area contributed by atoms with Crippen molar-refractivity contribution in [2.24, 2.45) is 0 Å². The molecule has 110 valence electrons. The van der Waals surface area contributed by atoms with Crippen LogP contribution >= 0.6 is 11.6 Å². The van der Waals surface area contributed by atoms with Gasteiger partial charge in [-0.2, -0.15) is 0 Å². The topological polar surface area (TPSA) is 77.0 Å². The van der Waals surface area contributed by atoms with Crippen LogP contribution in [0, 0.1) is 19.3 Å². The molecule has 0 atom stereocenters. The maximum Gasteiger partial charge on any atom is 0.321 e. The van der Waals surface area contributed by atoms with E-state index in [0.717, 1.165) is 16.8 Å². The Labute approximate surface area is 124 Å². The molecule has 5 nitrogen and oxygen atoms in total. The second kappa shape index (κ2) is 6.13. The third-order valence-electron chi connectivity index (χ3n) is 2.47. The van der Waals surface area contributed by atoms with Crippen LogP contribution in [0.5, 0.6) is 0 Å². The predicted molar refractivity (Wildman–Crippen MR) is 83.7 cm³/mol. The molecule has 4 N–H and O–H groups in total. The maximum absolute atomic E-state index is 11.7. The van der Waals surface area contributed by atoms with E-state index in [1.807, 2.05) is 34.6 Å². The molecule has 1 aromatic carbocycles. The minimum Gasteiger partial charge on any atom is -0.333 e. The summed E-state index contributed by atoms with van der Waals surface area (Å²) in [5.41, 5.74) is 2.25. The fourth-order valence-corrected chi connectivity index (χ4v) is 2.08. The summed E-state index contributed by atoms with van der Waals surface area (Å²) >= 11 is 5.95. The van der Waals surface area contributed by atoms with E-state index in [0.29, 0.717) is 5.02 Å². The first-order valence-corrected chi connectivity index (χ1v) is 6.68. The van der Waals surface area contributed by atoms with Crippen molar-refractivity contribution in [1.82, 2.24) is 10.6 Å². The molecule has 0 radical (unpaired) electrons. The van der Waals surface area contributed by atoms with E-state index in [4.69, 9.17) is 17.0 Å². The lowest BCUT2D eigenvalue weighted by Gasteiger charge is -2.21. The van der Waals surface area contributed by atoms with Gasteiger partial charge in [0.25, 0.3) is 0 Å². The van der Waals surface area contributed by atoms with Crippen molar-refractivity contribution < 1.29 is 4.79 Å². The molecule has 0 fully saturated rings. The third-order valence-corrected chi connectivity index (χ3v) is 2.69. The van der Waals surface area contributed by atoms with Crippen molar-refractivity contribution in [2.75, 3.05) is 5.32 Å². The molecule has 0 bridgehead atoms. The monoisotopic (exact) mass is 296 g/mol. The number of hydrogen-bond donors (Lipinski definition) is 4. The lowest BCUT2D eigenvalue weighted by molar-refractivity contribution is 0.236. The van der Waals surface area contributed by atoms with Crippen molar-refractivity contribution in [2.45, 2.75) is 40.2 Å². The highest BCUT2D eigenvalue weighted by molar-refractivity contribution is 6.30. The Kier molecular flexibility index (Phi) is 5.00. The van der Waals surface area contributed by atoms with Crippen LogP contribution in [0.1, 0.15) is 31.9 Å². The highest BCUT2D eigenvalue weighted by Crippen LogP contribution is 2.24. The molecule has 0 aliphatic rings. The van der Waals surface area contributed by atoms with Crippen LogP contribution in [0.4, 0.5) is 10.5 Å². The summed E-state index contributed by atoms with van der Waals surface area (Å²) in [6.07, 6.45) is 0. The summed E-state index contributed by atoms with van der Waals surface area (Å²) in [5, 5.41) is 16.5. The van der Waals surface area contributed by atoms with Crippen LogP contribution in [0.3, 0.4) is 0 Å². The Balaban J connectivity index is 2.70. The normalized spacial score (nSPS) is 10.9. The molecule has 0 aromatic heterocycles. The summed E-state index contributed by atoms with van der Waals surface area (Å²) < 4.78 is 0. The Morgan fingerprint density at radius 1 is 1.20 bits per heavy atom. The maximum atomic E-state index is 11.7. The molecule has 0 aliphatic carbocycles. The number of hydrogen-bond acceptors (Lipinski definition) is 2. The van der Waals surface area contributed by atoms with Gasteiger partial charge in [-0.05, 0) is 57.9 Å². The Hall–Kier alpha value is -1.75. The van der Waals surface area contributed by atoms with Gasteiger partial charge < -0.3 is 10.6 Å². The predicted octanol–water partition coefficient (Wildman–Crippen LogP) is 3.40. The van der Waals surface area contributed by atoms with Crippen molar-refractivity contribution in [3.8, 4) is 0 Å². The van der Waals surface area contributed by atoms with Crippen LogP contribution < -0.4 is 16.0 Å². The van der Waals surface area contributed by atoms with E-state index >= 15 is 0 Å². The summed E-state index contributed by atoms with van der Waals surface area (Å²) in [7, 11) is 0. The number of aryl methyl sites for hydroxylation is 2. The van der Waals surface area contributed by atoms with Gasteiger partial charge in [-0.3, -0.25) is 10.7 Å². The summed E-state index contributed by atoms with van der Waals surface area (Å²) in [6.45, 7) is 9.40. The zero-order chi connectivity index (χ0) is 15.5. The molecule has 0 saturated heterocycles. The Bertz CT molecular complexity index is 511. The number of halogens is 1. The standard InChI is InChI=1S/C14H21ClN4O/c1-8-6-10(15)7-9(2)11(8)17-12(16)18-13(20)19-14(3,4)5/h6-7H,1-5H3,(H4,16,17,18,19,20). The van der Waals surface area contributed by atoms with Crippen LogP contribution in [0.15, 0.2) is 12.1 Å². The van der Waals surface area contributed by atoms with Crippen LogP contribution in [-0.4, -0.2) is 17.5 Å². The van der Waals surface area contributed by atoms with Crippen molar-refractivity contribution in [3.05, 3.63) is 28.3 Å². The number of benzene rings is 1. The molecule has 1 aromatic rings. The van der Waals surface area contributed by atoms with Crippen LogP contribution in [0.2, 0.25) is 5.02 Å². The quantitative estimate of drug-likeness (QED) is 0.473. The molecule has 2 amide bonds. The number of nitrogens with one attached hydrogen (secondary N) is 4. The number of rotatable bonds is 1. The van der Waals surface area contributed by atoms with Gasteiger partial charge in [0.1, 0.15) is 0 Å². The summed E-state index contributed by atoms with van der Waals surface area (Å²) in [6, 6.07) is 3.19. The zero-order valence-electron chi connectivity index (χ0n) is 12.4. The zero-order valence-corrected chi connectivity index (χ0v) is 13.2. The molecule has 0 saturated carbocycles. The van der Waals surface area contributed by atoms with Gasteiger partial charge in [0.15, 0.2) is 0 Å². The molecule has 20 heavy (non-hydrogen) atoms. The fourth-order valence-electron chi connectivity index (χ4n) is 1.75. The van der Waals surface area contributed by atoms with Gasteiger partial charge in [0.2, 0.25) is 5.96 Å². The first-order valence-electron chi connectivity index (χ1n) is 6.30. The largest absolute Gasteiger partial charge is 0.333 e. The van der Waals surface area contributed by atoms with E-state index < -0.39 is 6.03 Å². The first kappa shape index (κ1) is 16.3. The van der Waals surface area contributed by atoms with E-state index in [1.165, 1.54) is 0 Å². The van der Waals surface area contributed by atoms with Crippen molar-refractivity contribution >= 4 is 29.3 Å². The highest BCUT2D eigenvalue weighted by Gasteiger charge is 2.15. The summed E-state index contributed by atoms with van der Waals surface area (Å²) in [5.74, 6) is -0.0831. The van der Waals surface area contributed by atoms with E-state index in [9.17, 15) is 4.79 Å². The van der Waals surface area contributed by atoms with Crippen molar-refractivity contribution in [1.29, 1.82) is 5.41 Å². The average molecular weight is 297 g/mol. The summed E-state index contributed by atoms with van der Waals surface area (Å²) in [4.78, 5) is 11.7. The smallest absolute Gasteiger partial charge is 0.321 e. The van der Waals surface area contributed by atoms with Crippen LogP contribution in [-0.2, 0) is 0 Å². The SMILES string of the molecule is Cc1cc(Cl)cc(C)c1NC(=N)NC(=O)NC(C)(C)C. The van der Waals surface area contributed by atoms with Gasteiger partial charge in [0.05, 0.1) is 0 Å². The molecule has 0 unspecified atom stereocenters. The average Bonchev–Trinajstić information content (AvgIpc) is 2.20. The number of urea groups is 1. The van der Waals surface area contributed by atoms with Crippen LogP contribution in [0.25, 0.3) is 0 Å². The molecule has 0 heterocycles. The minimum absolute atomic E-state index is 0.0831. The van der Waals surface area contributed by atoms with Gasteiger partial charge >= 0.3 is 6.03 Å². The second-order valence-electron chi connectivity index (χ2n) is 5.74. The number of carbonyl (C=O) groups is 1. The van der Waals surface area contributed by atoms with Gasteiger partial charge in [-0.25, -0.2) is 4.79 Å². The number of amides is 2. The molecule has 0 aliphatic heterocycles. The first-order chi connectivity index (χ1) is 9.08. The molecule has 0 spiro atoms. The molecule has 1 rings (SSSR count). The molecular formula is C14H21ClN4O. The van der Waals surface area contributed by atoms with Crippen molar-refractivity contribution in [3.63, 3.8) is 0 Å². The number of guanidine groups is 1. The minimum atomic E-state index is -0.417. The lowest BCUT2D eigenvalue weighted by atomic mass is 10.1. The third kappa shape index (κ3) is 5.09. The van der Waals surface area contributed by atoms with E-state index in [2.05, 4.69) is 16.0 Å². The van der Waals surface area contributed by atoms with E-state index in [-0.39, 0.29) is 11.5 Å². The molecule has 6 heteroatoms. The molecular weight excluding hydrogens is 276 g/mol. The van der Waals surface area contributed by atoms with Gasteiger partial charge in [-0.15, -0.1) is 0 Å². The fraction of sp³-hybridized carbons (Fsp3) is 0.429. The van der Waals surface area contributed by atoms with Gasteiger partial charge in [-0.1, -0.05) is 11.6 Å². The lowest BCUT2D eigenvalue weighted by Crippen LogP contribution is -2.49. The Morgan fingerprint density at radius 2 is 1.70 bits per heavy atom. The van der Waals surface area contributed by atoms with E-state index in [1.54, 1.807) is 12.1 Å². The number of anilines is 1. The highest BCUT2D eigenvalue weighted by atomic mass is 35.5. The second-order valence-corrected chi connectivity index (χ2v) is 6.18. The Morgan fingerprint density at radius 3 is 2.15 bits per heavy atom.